The summed E-state index contributed by atoms with van der Waals surface area (Å²) >= 11 is 0. The molecule has 1 aromatic carbocycles. The third kappa shape index (κ3) is 4.59. The molecule has 1 amide bonds. The number of carbonyl (C=O) groups excluding carboxylic acids is 1. The van der Waals surface area contributed by atoms with Crippen molar-refractivity contribution in [2.45, 2.75) is 38.8 Å². The summed E-state index contributed by atoms with van der Waals surface area (Å²) in [5, 5.41) is 8.89. The molecule has 3 rings (SSSR count). The number of rotatable bonds is 3. The minimum Gasteiger partial charge on any atom is -0.378 e. The van der Waals surface area contributed by atoms with Gasteiger partial charge in [-0.25, -0.2) is 0 Å². The number of hydrogen-bond donors (Lipinski definition) is 0. The van der Waals surface area contributed by atoms with E-state index in [1.54, 1.807) is 0 Å². The normalized spacial score (nSPS) is 25.2. The molecule has 5 heteroatoms. The van der Waals surface area contributed by atoms with Gasteiger partial charge in [0.25, 0.3) is 0 Å². The van der Waals surface area contributed by atoms with Crippen molar-refractivity contribution in [1.29, 1.82) is 5.26 Å². The van der Waals surface area contributed by atoms with Gasteiger partial charge in [-0.2, -0.15) is 5.26 Å². The van der Waals surface area contributed by atoms with Crippen molar-refractivity contribution in [2.24, 2.45) is 5.92 Å². The van der Waals surface area contributed by atoms with Crippen molar-refractivity contribution in [1.82, 2.24) is 9.80 Å². The van der Waals surface area contributed by atoms with Crippen molar-refractivity contribution < 1.29 is 9.53 Å². The van der Waals surface area contributed by atoms with Crippen molar-refractivity contribution in [3.63, 3.8) is 0 Å². The van der Waals surface area contributed by atoms with Crippen LogP contribution in [-0.4, -0.2) is 54.6 Å². The Balaban J connectivity index is 1.54. The molecule has 0 aliphatic carbocycles. The summed E-state index contributed by atoms with van der Waals surface area (Å²) in [6.07, 6.45) is 2.98. The topological polar surface area (TPSA) is 56.6 Å². The smallest absolute Gasteiger partial charge is 0.228 e. The molecule has 134 valence electrons. The van der Waals surface area contributed by atoms with Crippen molar-refractivity contribution >= 4 is 5.91 Å². The van der Waals surface area contributed by atoms with Crippen LogP contribution in [0.2, 0.25) is 0 Å². The standard InChI is InChI=1S/C20H27N3O2/c1-16-19(4-2-13-25-16)20(24)23-10-3-9-22(11-12-23)15-18-7-5-17(14-21)6-8-18/h5-8,16,19H,2-4,9-13,15H2,1H3/t16-,19-/m0/s1. The van der Waals surface area contributed by atoms with Gasteiger partial charge < -0.3 is 9.64 Å². The van der Waals surface area contributed by atoms with Gasteiger partial charge in [0.15, 0.2) is 0 Å². The van der Waals surface area contributed by atoms with Crippen LogP contribution in [0.1, 0.15) is 37.3 Å². The summed E-state index contributed by atoms with van der Waals surface area (Å²) in [6, 6.07) is 9.93. The van der Waals surface area contributed by atoms with E-state index in [9.17, 15) is 4.79 Å². The molecule has 2 aliphatic heterocycles. The minimum absolute atomic E-state index is 0.0267. The minimum atomic E-state index is 0.0267. The number of ether oxygens (including phenoxy) is 1. The summed E-state index contributed by atoms with van der Waals surface area (Å²) < 4.78 is 5.67. The second-order valence-corrected chi connectivity index (χ2v) is 7.09. The number of hydrogen-bond acceptors (Lipinski definition) is 4. The molecule has 1 aromatic rings. The van der Waals surface area contributed by atoms with Gasteiger partial charge in [0.05, 0.1) is 23.7 Å². The van der Waals surface area contributed by atoms with Crippen molar-refractivity contribution in [2.75, 3.05) is 32.8 Å². The molecule has 0 spiro atoms. The Bertz CT molecular complexity index is 623. The first-order valence-corrected chi connectivity index (χ1v) is 9.29. The van der Waals surface area contributed by atoms with E-state index in [0.717, 1.165) is 58.6 Å². The lowest BCUT2D eigenvalue weighted by Crippen LogP contribution is -2.44. The maximum Gasteiger partial charge on any atom is 0.228 e. The number of amides is 1. The lowest BCUT2D eigenvalue weighted by atomic mass is 9.94. The molecule has 0 radical (unpaired) electrons. The molecule has 5 nitrogen and oxygen atoms in total. The van der Waals surface area contributed by atoms with E-state index >= 15 is 0 Å². The van der Waals surface area contributed by atoms with Crippen LogP contribution in [0.25, 0.3) is 0 Å². The molecule has 0 saturated carbocycles. The summed E-state index contributed by atoms with van der Waals surface area (Å²) in [5.74, 6) is 0.297. The SMILES string of the molecule is C[C@@H]1OCCC[C@@H]1C(=O)N1CCCN(Cc2ccc(C#N)cc2)CC1. The van der Waals surface area contributed by atoms with Gasteiger partial charge in [-0.05, 0) is 43.9 Å². The lowest BCUT2D eigenvalue weighted by molar-refractivity contribution is -0.143. The summed E-state index contributed by atoms with van der Waals surface area (Å²) in [7, 11) is 0. The first-order chi connectivity index (χ1) is 12.2. The fourth-order valence-corrected chi connectivity index (χ4v) is 3.77. The van der Waals surface area contributed by atoms with Gasteiger partial charge in [-0.1, -0.05) is 12.1 Å². The zero-order valence-corrected chi connectivity index (χ0v) is 15.0. The second kappa shape index (κ2) is 8.46. The molecule has 2 heterocycles. The number of carbonyl (C=O) groups is 1. The zero-order valence-electron chi connectivity index (χ0n) is 15.0. The largest absolute Gasteiger partial charge is 0.378 e. The van der Waals surface area contributed by atoms with E-state index in [1.165, 1.54) is 5.56 Å². The highest BCUT2D eigenvalue weighted by atomic mass is 16.5. The van der Waals surface area contributed by atoms with E-state index in [4.69, 9.17) is 10.00 Å². The van der Waals surface area contributed by atoms with Crippen molar-refractivity contribution in [3.05, 3.63) is 35.4 Å². The van der Waals surface area contributed by atoms with E-state index in [2.05, 4.69) is 11.0 Å². The highest BCUT2D eigenvalue weighted by Crippen LogP contribution is 2.23. The van der Waals surface area contributed by atoms with Gasteiger partial charge in [0.1, 0.15) is 0 Å². The Morgan fingerprint density at radius 3 is 2.72 bits per heavy atom. The molecule has 2 atom stereocenters. The Hall–Kier alpha value is -1.90. The number of nitriles is 1. The van der Waals surface area contributed by atoms with E-state index < -0.39 is 0 Å². The van der Waals surface area contributed by atoms with Gasteiger partial charge >= 0.3 is 0 Å². The average Bonchev–Trinajstić information content (AvgIpc) is 2.88. The number of nitrogens with zero attached hydrogens (tertiary/aromatic N) is 3. The van der Waals surface area contributed by atoms with Crippen LogP contribution in [0.3, 0.4) is 0 Å². The lowest BCUT2D eigenvalue weighted by Gasteiger charge is -2.32. The van der Waals surface area contributed by atoms with Gasteiger partial charge in [0, 0.05) is 39.3 Å². The summed E-state index contributed by atoms with van der Waals surface area (Å²) in [6.45, 7) is 7.20. The molecule has 2 fully saturated rings. The van der Waals surface area contributed by atoms with Crippen LogP contribution in [0, 0.1) is 17.2 Å². The van der Waals surface area contributed by atoms with E-state index in [-0.39, 0.29) is 17.9 Å². The number of benzene rings is 1. The predicted molar refractivity (Wildman–Crippen MR) is 95.8 cm³/mol. The van der Waals surface area contributed by atoms with Crippen LogP contribution in [0.5, 0.6) is 0 Å². The maximum absolute atomic E-state index is 12.8. The third-order valence-corrected chi connectivity index (χ3v) is 5.31. The third-order valence-electron chi connectivity index (χ3n) is 5.31. The zero-order chi connectivity index (χ0) is 17.6. The molecular formula is C20H27N3O2. The molecule has 2 saturated heterocycles. The monoisotopic (exact) mass is 341 g/mol. The van der Waals surface area contributed by atoms with Crippen LogP contribution in [0.4, 0.5) is 0 Å². The summed E-state index contributed by atoms with van der Waals surface area (Å²) in [5.41, 5.74) is 1.91. The first-order valence-electron chi connectivity index (χ1n) is 9.29. The van der Waals surface area contributed by atoms with Crippen LogP contribution in [0.15, 0.2) is 24.3 Å². The van der Waals surface area contributed by atoms with Crippen molar-refractivity contribution in [3.8, 4) is 6.07 Å². The van der Waals surface area contributed by atoms with Gasteiger partial charge in [0.2, 0.25) is 5.91 Å². The Morgan fingerprint density at radius 1 is 1.20 bits per heavy atom. The highest BCUT2D eigenvalue weighted by molar-refractivity contribution is 5.79. The van der Waals surface area contributed by atoms with Crippen LogP contribution >= 0.6 is 0 Å². The summed E-state index contributed by atoms with van der Waals surface area (Å²) in [4.78, 5) is 17.3. The molecule has 2 aliphatic rings. The van der Waals surface area contributed by atoms with Gasteiger partial charge in [-0.15, -0.1) is 0 Å². The Kier molecular flexibility index (Phi) is 6.06. The average molecular weight is 341 g/mol. The molecule has 25 heavy (non-hydrogen) atoms. The van der Waals surface area contributed by atoms with Crippen LogP contribution < -0.4 is 0 Å². The van der Waals surface area contributed by atoms with E-state index in [0.29, 0.717) is 5.56 Å². The highest BCUT2D eigenvalue weighted by Gasteiger charge is 2.32. The second-order valence-electron chi connectivity index (χ2n) is 7.09. The quantitative estimate of drug-likeness (QED) is 0.847. The van der Waals surface area contributed by atoms with E-state index in [1.807, 2.05) is 36.1 Å². The first kappa shape index (κ1) is 17.9. The fraction of sp³-hybridized carbons (Fsp3) is 0.600. The predicted octanol–water partition coefficient (Wildman–Crippen LogP) is 2.41. The Labute approximate surface area is 150 Å². The molecular weight excluding hydrogens is 314 g/mol. The fourth-order valence-electron chi connectivity index (χ4n) is 3.77. The molecule has 0 bridgehead atoms. The molecule has 0 aromatic heterocycles. The van der Waals surface area contributed by atoms with Crippen LogP contribution in [-0.2, 0) is 16.1 Å². The molecule has 0 unspecified atom stereocenters. The van der Waals surface area contributed by atoms with Gasteiger partial charge in [-0.3, -0.25) is 9.69 Å². The Morgan fingerprint density at radius 2 is 2.00 bits per heavy atom. The maximum atomic E-state index is 12.8. The molecule has 0 N–H and O–H groups in total.